The first-order valence-electron chi connectivity index (χ1n) is 4.81. The van der Waals surface area contributed by atoms with Crippen LogP contribution in [0.5, 0.6) is 0 Å². The number of hydrogen-bond acceptors (Lipinski definition) is 4. The minimum absolute atomic E-state index is 0.383. The third kappa shape index (κ3) is 3.24. The molecule has 0 saturated heterocycles. The summed E-state index contributed by atoms with van der Waals surface area (Å²) in [7, 11) is 0. The molecular weight excluding hydrogens is 230 g/mol. The van der Waals surface area contributed by atoms with Crippen molar-refractivity contribution in [1.29, 1.82) is 0 Å². The van der Waals surface area contributed by atoms with Gasteiger partial charge in [-0.3, -0.25) is 0 Å². The minimum atomic E-state index is 0.383. The van der Waals surface area contributed by atoms with Gasteiger partial charge in [0.25, 0.3) is 0 Å². The van der Waals surface area contributed by atoms with Crippen LogP contribution in [-0.2, 0) is 0 Å². The molecule has 1 aromatic heterocycles. The lowest BCUT2D eigenvalue weighted by molar-refractivity contribution is 0.876. The molecule has 3 nitrogen and oxygen atoms in total. The highest BCUT2D eigenvalue weighted by molar-refractivity contribution is 7.98. The van der Waals surface area contributed by atoms with Gasteiger partial charge in [-0.05, 0) is 38.2 Å². The molecule has 0 aliphatic carbocycles. The first-order chi connectivity index (χ1) is 7.06. The molecule has 0 aromatic carbocycles. The van der Waals surface area contributed by atoms with E-state index in [1.54, 1.807) is 11.8 Å². The predicted molar refractivity (Wildman–Crippen MR) is 68.0 cm³/mol. The van der Waals surface area contributed by atoms with Crippen LogP contribution in [0.2, 0.25) is 5.15 Å². The average Bonchev–Trinajstić information content (AvgIpc) is 2.20. The summed E-state index contributed by atoms with van der Waals surface area (Å²) in [5, 5.41) is 11.8. The van der Waals surface area contributed by atoms with Crippen molar-refractivity contribution in [3.05, 3.63) is 16.3 Å². The van der Waals surface area contributed by atoms with Crippen LogP contribution < -0.4 is 5.32 Å². The second-order valence-electron chi connectivity index (χ2n) is 3.59. The van der Waals surface area contributed by atoms with E-state index in [4.69, 9.17) is 11.6 Å². The Kier molecular flexibility index (Phi) is 4.67. The van der Waals surface area contributed by atoms with Gasteiger partial charge in [-0.15, -0.1) is 10.2 Å². The van der Waals surface area contributed by atoms with Crippen LogP contribution in [-0.4, -0.2) is 28.2 Å². The van der Waals surface area contributed by atoms with E-state index < -0.39 is 0 Å². The highest BCUT2D eigenvalue weighted by atomic mass is 35.5. The molecule has 84 valence electrons. The summed E-state index contributed by atoms with van der Waals surface area (Å²) in [6.07, 6.45) is 2.09. The number of nitrogens with one attached hydrogen (secondary N) is 1. The second kappa shape index (κ2) is 5.56. The number of halogens is 1. The minimum Gasteiger partial charge on any atom is -0.365 e. The van der Waals surface area contributed by atoms with Crippen molar-refractivity contribution in [1.82, 2.24) is 10.2 Å². The molecule has 1 unspecified atom stereocenters. The summed E-state index contributed by atoms with van der Waals surface area (Å²) in [4.78, 5) is 0. The van der Waals surface area contributed by atoms with Crippen molar-refractivity contribution in [3.63, 3.8) is 0 Å². The topological polar surface area (TPSA) is 37.8 Å². The summed E-state index contributed by atoms with van der Waals surface area (Å²) < 4.78 is 0. The molecule has 1 N–H and O–H groups in total. The molecule has 15 heavy (non-hydrogen) atoms. The van der Waals surface area contributed by atoms with E-state index in [1.165, 1.54) is 0 Å². The van der Waals surface area contributed by atoms with Crippen molar-refractivity contribution in [2.24, 2.45) is 0 Å². The third-order valence-corrected chi connectivity index (χ3v) is 3.46. The molecule has 0 spiro atoms. The second-order valence-corrected chi connectivity index (χ2v) is 4.86. The van der Waals surface area contributed by atoms with Crippen molar-refractivity contribution in [3.8, 4) is 0 Å². The number of anilines is 1. The maximum absolute atomic E-state index is 5.88. The normalized spacial score (nSPS) is 12.6. The van der Waals surface area contributed by atoms with Gasteiger partial charge in [0.05, 0.1) is 0 Å². The SMILES string of the molecule is CSCC(C)Nc1nnc(Cl)c(C)c1C. The highest BCUT2D eigenvalue weighted by Gasteiger charge is 2.09. The van der Waals surface area contributed by atoms with Crippen molar-refractivity contribution >= 4 is 29.2 Å². The number of aromatic nitrogens is 2. The number of hydrogen-bond donors (Lipinski definition) is 1. The lowest BCUT2D eigenvalue weighted by Crippen LogP contribution is -2.20. The van der Waals surface area contributed by atoms with Gasteiger partial charge in [0, 0.05) is 11.8 Å². The largest absolute Gasteiger partial charge is 0.365 e. The highest BCUT2D eigenvalue weighted by Crippen LogP contribution is 2.21. The monoisotopic (exact) mass is 245 g/mol. The molecule has 0 saturated carbocycles. The van der Waals surface area contributed by atoms with Gasteiger partial charge < -0.3 is 5.32 Å². The summed E-state index contributed by atoms with van der Waals surface area (Å²) in [6, 6.07) is 0.383. The predicted octanol–water partition coefficient (Wildman–Crippen LogP) is 2.91. The summed E-state index contributed by atoms with van der Waals surface area (Å²) in [5.74, 6) is 1.88. The lowest BCUT2D eigenvalue weighted by Gasteiger charge is -2.15. The zero-order valence-electron chi connectivity index (χ0n) is 9.47. The summed E-state index contributed by atoms with van der Waals surface area (Å²) in [5.41, 5.74) is 2.06. The quantitative estimate of drug-likeness (QED) is 0.885. The molecule has 0 fully saturated rings. The lowest BCUT2D eigenvalue weighted by atomic mass is 10.2. The van der Waals surface area contributed by atoms with Gasteiger partial charge in [-0.1, -0.05) is 11.6 Å². The molecule has 0 aliphatic rings. The molecule has 0 aliphatic heterocycles. The first-order valence-corrected chi connectivity index (χ1v) is 6.58. The van der Waals surface area contributed by atoms with E-state index in [9.17, 15) is 0 Å². The van der Waals surface area contributed by atoms with Crippen molar-refractivity contribution < 1.29 is 0 Å². The van der Waals surface area contributed by atoms with Crippen LogP contribution in [0.3, 0.4) is 0 Å². The molecule has 0 amide bonds. The van der Waals surface area contributed by atoms with Gasteiger partial charge in [-0.25, -0.2) is 0 Å². The Morgan fingerprint density at radius 3 is 2.60 bits per heavy atom. The summed E-state index contributed by atoms with van der Waals surface area (Å²) in [6.45, 7) is 6.09. The molecule has 1 heterocycles. The van der Waals surface area contributed by atoms with Crippen LogP contribution in [0.4, 0.5) is 5.82 Å². The molecule has 1 rings (SSSR count). The smallest absolute Gasteiger partial charge is 0.155 e. The average molecular weight is 246 g/mol. The number of nitrogens with zero attached hydrogens (tertiary/aromatic N) is 2. The number of rotatable bonds is 4. The Hall–Kier alpha value is -0.480. The fourth-order valence-electron chi connectivity index (χ4n) is 1.24. The van der Waals surface area contributed by atoms with E-state index in [2.05, 4.69) is 28.7 Å². The Labute approximate surface area is 100 Å². The van der Waals surface area contributed by atoms with Gasteiger partial charge in [0.15, 0.2) is 11.0 Å². The molecule has 5 heteroatoms. The molecule has 0 bridgehead atoms. The fraction of sp³-hybridized carbons (Fsp3) is 0.600. The van der Waals surface area contributed by atoms with Crippen LogP contribution in [0.25, 0.3) is 0 Å². The zero-order valence-corrected chi connectivity index (χ0v) is 11.0. The molecular formula is C10H16ClN3S. The Morgan fingerprint density at radius 1 is 1.33 bits per heavy atom. The Morgan fingerprint density at radius 2 is 2.00 bits per heavy atom. The fourth-order valence-corrected chi connectivity index (χ4v) is 2.00. The molecule has 1 aromatic rings. The van der Waals surface area contributed by atoms with E-state index in [1.807, 2.05) is 13.8 Å². The maximum atomic E-state index is 5.88. The van der Waals surface area contributed by atoms with E-state index in [-0.39, 0.29) is 0 Å². The van der Waals surface area contributed by atoms with Gasteiger partial charge in [0.2, 0.25) is 0 Å². The van der Waals surface area contributed by atoms with E-state index >= 15 is 0 Å². The van der Waals surface area contributed by atoms with Crippen molar-refractivity contribution in [2.75, 3.05) is 17.3 Å². The maximum Gasteiger partial charge on any atom is 0.155 e. The van der Waals surface area contributed by atoms with Crippen LogP contribution >= 0.6 is 23.4 Å². The van der Waals surface area contributed by atoms with Crippen molar-refractivity contribution in [2.45, 2.75) is 26.8 Å². The molecule has 1 atom stereocenters. The summed E-state index contributed by atoms with van der Waals surface area (Å²) >= 11 is 7.68. The van der Waals surface area contributed by atoms with Crippen LogP contribution in [0.1, 0.15) is 18.1 Å². The van der Waals surface area contributed by atoms with Gasteiger partial charge in [-0.2, -0.15) is 11.8 Å². The molecule has 0 radical (unpaired) electrons. The van der Waals surface area contributed by atoms with E-state index in [0.717, 1.165) is 22.7 Å². The third-order valence-electron chi connectivity index (χ3n) is 2.26. The standard InChI is InChI=1S/C10H16ClN3S/c1-6(5-15-4)12-10-8(3)7(2)9(11)13-14-10/h6H,5H2,1-4H3,(H,12,14). The Balaban J connectivity index is 2.82. The van der Waals surface area contributed by atoms with Crippen LogP contribution in [0, 0.1) is 13.8 Å². The zero-order chi connectivity index (χ0) is 11.4. The Bertz CT molecular complexity index is 344. The number of thioether (sulfide) groups is 1. The van der Waals surface area contributed by atoms with Gasteiger partial charge >= 0.3 is 0 Å². The van der Waals surface area contributed by atoms with Crippen LogP contribution in [0.15, 0.2) is 0 Å². The van der Waals surface area contributed by atoms with E-state index in [0.29, 0.717) is 11.2 Å². The van der Waals surface area contributed by atoms with Gasteiger partial charge in [0.1, 0.15) is 0 Å². The first kappa shape index (κ1) is 12.6.